The van der Waals surface area contributed by atoms with E-state index in [1.165, 1.54) is 0 Å². The van der Waals surface area contributed by atoms with Crippen LogP contribution < -0.4 is 15.6 Å². The third-order valence-electron chi connectivity index (χ3n) is 4.80. The zero-order valence-electron chi connectivity index (χ0n) is 17.1. The Labute approximate surface area is 179 Å². The number of H-pyrrole nitrogens is 1. The van der Waals surface area contributed by atoms with Gasteiger partial charge in [0.15, 0.2) is 0 Å². The summed E-state index contributed by atoms with van der Waals surface area (Å²) < 4.78 is 5.81. The molecule has 1 amide bonds. The first-order valence-electron chi connectivity index (χ1n) is 10.0. The molecular weight excluding hydrogens is 392 g/mol. The molecule has 2 heterocycles. The van der Waals surface area contributed by atoms with E-state index in [2.05, 4.69) is 20.3 Å². The molecule has 7 heteroatoms. The molecule has 0 bridgehead atoms. The van der Waals surface area contributed by atoms with E-state index in [1.807, 2.05) is 49.4 Å². The first kappa shape index (κ1) is 20.3. The highest BCUT2D eigenvalue weighted by Crippen LogP contribution is 2.26. The summed E-state index contributed by atoms with van der Waals surface area (Å²) in [4.78, 5) is 35.7. The van der Waals surface area contributed by atoms with Crippen LogP contribution in [0, 0.1) is 6.92 Å². The van der Waals surface area contributed by atoms with Crippen molar-refractivity contribution in [2.75, 3.05) is 5.32 Å². The van der Waals surface area contributed by atoms with E-state index in [4.69, 9.17) is 4.74 Å². The Morgan fingerprint density at radius 3 is 2.81 bits per heavy atom. The van der Waals surface area contributed by atoms with E-state index >= 15 is 0 Å². The molecule has 0 saturated carbocycles. The number of nitrogens with zero attached hydrogens (tertiary/aromatic N) is 2. The second kappa shape index (κ2) is 9.21. The summed E-state index contributed by atoms with van der Waals surface area (Å²) >= 11 is 0. The summed E-state index contributed by atoms with van der Waals surface area (Å²) in [7, 11) is 0. The van der Waals surface area contributed by atoms with Crippen LogP contribution in [-0.4, -0.2) is 20.9 Å². The van der Waals surface area contributed by atoms with E-state index in [0.29, 0.717) is 53.2 Å². The van der Waals surface area contributed by atoms with Crippen LogP contribution in [0.5, 0.6) is 11.5 Å². The average molecular weight is 414 g/mol. The van der Waals surface area contributed by atoms with Gasteiger partial charge in [-0.1, -0.05) is 12.1 Å². The molecule has 0 spiro atoms. The number of para-hydroxylation sites is 1. The molecule has 2 N–H and O–H groups in total. The molecule has 31 heavy (non-hydrogen) atoms. The number of hydrogen-bond donors (Lipinski definition) is 2. The van der Waals surface area contributed by atoms with Crippen LogP contribution in [0.4, 0.5) is 5.69 Å². The van der Waals surface area contributed by atoms with Crippen LogP contribution in [0.15, 0.2) is 71.8 Å². The van der Waals surface area contributed by atoms with Gasteiger partial charge in [-0.3, -0.25) is 14.6 Å². The van der Waals surface area contributed by atoms with Crippen LogP contribution >= 0.6 is 0 Å². The molecule has 4 aromatic rings. The first-order valence-corrected chi connectivity index (χ1v) is 10.0. The third kappa shape index (κ3) is 5.14. The molecule has 0 aliphatic carbocycles. The zero-order valence-corrected chi connectivity index (χ0v) is 17.1. The van der Waals surface area contributed by atoms with Gasteiger partial charge >= 0.3 is 0 Å². The minimum Gasteiger partial charge on any atom is -0.455 e. The van der Waals surface area contributed by atoms with Gasteiger partial charge in [0, 0.05) is 24.7 Å². The number of pyridine rings is 1. The Morgan fingerprint density at radius 1 is 1.13 bits per heavy atom. The van der Waals surface area contributed by atoms with Gasteiger partial charge in [0.25, 0.3) is 5.56 Å². The number of aromatic amines is 1. The highest BCUT2D eigenvalue weighted by Gasteiger charge is 2.08. The lowest BCUT2D eigenvalue weighted by atomic mass is 10.1. The summed E-state index contributed by atoms with van der Waals surface area (Å²) in [6, 6.07) is 16.3. The Hall–Kier alpha value is -4.00. The van der Waals surface area contributed by atoms with Gasteiger partial charge in [-0.25, -0.2) is 4.98 Å². The summed E-state index contributed by atoms with van der Waals surface area (Å²) in [5, 5.41) is 3.47. The number of amides is 1. The van der Waals surface area contributed by atoms with Crippen molar-refractivity contribution >= 4 is 22.5 Å². The van der Waals surface area contributed by atoms with Crippen LogP contribution in [0.3, 0.4) is 0 Å². The molecule has 7 nitrogen and oxygen atoms in total. The zero-order chi connectivity index (χ0) is 21.6. The monoisotopic (exact) mass is 414 g/mol. The molecule has 4 rings (SSSR count). The first-order chi connectivity index (χ1) is 15.1. The average Bonchev–Trinajstić information content (AvgIpc) is 2.76. The smallest absolute Gasteiger partial charge is 0.258 e. The van der Waals surface area contributed by atoms with E-state index in [0.717, 1.165) is 5.56 Å². The van der Waals surface area contributed by atoms with Crippen LogP contribution in [0.25, 0.3) is 10.9 Å². The molecule has 0 atom stereocenters. The number of aromatic nitrogens is 3. The molecule has 2 aromatic carbocycles. The largest absolute Gasteiger partial charge is 0.455 e. The predicted octanol–water partition coefficient (Wildman–Crippen LogP) is 4.38. The van der Waals surface area contributed by atoms with E-state index in [1.54, 1.807) is 24.5 Å². The Kier molecular flexibility index (Phi) is 6.03. The lowest BCUT2D eigenvalue weighted by molar-refractivity contribution is -0.116. The lowest BCUT2D eigenvalue weighted by Gasteiger charge is -2.11. The summed E-state index contributed by atoms with van der Waals surface area (Å²) in [6.07, 6.45) is 4.75. The normalized spacial score (nSPS) is 10.7. The van der Waals surface area contributed by atoms with Crippen molar-refractivity contribution in [1.29, 1.82) is 0 Å². The maximum Gasteiger partial charge on any atom is 0.258 e. The predicted molar refractivity (Wildman–Crippen MR) is 119 cm³/mol. The molecule has 156 valence electrons. The van der Waals surface area contributed by atoms with Gasteiger partial charge in [-0.2, -0.15) is 0 Å². The van der Waals surface area contributed by atoms with Crippen LogP contribution in [0.1, 0.15) is 24.2 Å². The number of nitrogens with one attached hydrogen (secondary N) is 2. The maximum atomic E-state index is 12.3. The van der Waals surface area contributed by atoms with E-state index < -0.39 is 0 Å². The second-order valence-corrected chi connectivity index (χ2v) is 7.20. The van der Waals surface area contributed by atoms with Gasteiger partial charge in [0.1, 0.15) is 17.3 Å². The Morgan fingerprint density at radius 2 is 2.00 bits per heavy atom. The van der Waals surface area contributed by atoms with E-state index in [9.17, 15) is 9.59 Å². The fourth-order valence-corrected chi connectivity index (χ4v) is 3.27. The minimum atomic E-state index is -0.158. The number of anilines is 1. The highest BCUT2D eigenvalue weighted by atomic mass is 16.5. The van der Waals surface area contributed by atoms with Gasteiger partial charge in [0.2, 0.25) is 5.91 Å². The maximum absolute atomic E-state index is 12.3. The number of carbonyl (C=O) groups is 1. The summed E-state index contributed by atoms with van der Waals surface area (Å²) in [6.45, 7) is 1.92. The third-order valence-corrected chi connectivity index (χ3v) is 4.80. The number of fused-ring (bicyclic) bond motifs is 1. The quantitative estimate of drug-likeness (QED) is 0.468. The van der Waals surface area contributed by atoms with Crippen molar-refractivity contribution in [3.05, 3.63) is 88.7 Å². The molecule has 0 fully saturated rings. The van der Waals surface area contributed by atoms with Gasteiger partial charge in [-0.15, -0.1) is 0 Å². The summed E-state index contributed by atoms with van der Waals surface area (Å²) in [5.41, 5.74) is 2.11. The second-order valence-electron chi connectivity index (χ2n) is 7.20. The van der Waals surface area contributed by atoms with Crippen molar-refractivity contribution in [2.45, 2.75) is 26.2 Å². The number of hydrogen-bond acceptors (Lipinski definition) is 5. The molecule has 0 aliphatic rings. The fourth-order valence-electron chi connectivity index (χ4n) is 3.27. The SMILES string of the molecule is Cc1cc(NC(=O)CCCc2nc3ccccc3c(=O)[nH]2)ccc1Oc1cccnc1. The van der Waals surface area contributed by atoms with Crippen molar-refractivity contribution < 1.29 is 9.53 Å². The number of aryl methyl sites for hydroxylation is 2. The van der Waals surface area contributed by atoms with Crippen LogP contribution in [-0.2, 0) is 11.2 Å². The summed E-state index contributed by atoms with van der Waals surface area (Å²) in [5.74, 6) is 1.85. The van der Waals surface area contributed by atoms with Crippen molar-refractivity contribution in [1.82, 2.24) is 15.0 Å². The highest BCUT2D eigenvalue weighted by molar-refractivity contribution is 5.90. The van der Waals surface area contributed by atoms with Crippen molar-refractivity contribution in [3.63, 3.8) is 0 Å². The topological polar surface area (TPSA) is 97.0 Å². The Balaban J connectivity index is 1.32. The molecule has 0 saturated heterocycles. The van der Waals surface area contributed by atoms with E-state index in [-0.39, 0.29) is 11.5 Å². The molecular formula is C24H22N4O3. The van der Waals surface area contributed by atoms with Gasteiger partial charge in [-0.05, 0) is 61.4 Å². The number of rotatable bonds is 7. The minimum absolute atomic E-state index is 0.0940. The molecule has 0 aliphatic heterocycles. The molecule has 0 unspecified atom stereocenters. The van der Waals surface area contributed by atoms with Gasteiger partial charge in [0.05, 0.1) is 17.1 Å². The number of carbonyl (C=O) groups excluding carboxylic acids is 1. The standard InChI is InChI=1S/C24H22N4O3/c1-16-14-17(11-12-21(16)31-18-6-5-13-25-15-18)26-23(29)10-4-9-22-27-20-8-3-2-7-19(20)24(30)28-22/h2-3,5-8,11-15H,4,9-10H2,1H3,(H,26,29)(H,27,28,30). The van der Waals surface area contributed by atoms with Gasteiger partial charge < -0.3 is 15.0 Å². The number of ether oxygens (including phenoxy) is 1. The van der Waals surface area contributed by atoms with Crippen LogP contribution in [0.2, 0.25) is 0 Å². The van der Waals surface area contributed by atoms with Crippen molar-refractivity contribution in [2.24, 2.45) is 0 Å². The number of benzene rings is 2. The lowest BCUT2D eigenvalue weighted by Crippen LogP contribution is -2.14. The van der Waals surface area contributed by atoms with Crippen molar-refractivity contribution in [3.8, 4) is 11.5 Å². The Bertz CT molecular complexity index is 1270. The fraction of sp³-hybridized carbons (Fsp3) is 0.167. The molecule has 2 aromatic heterocycles. The molecule has 0 radical (unpaired) electrons.